The van der Waals surface area contributed by atoms with Crippen molar-refractivity contribution in [2.45, 2.75) is 24.5 Å². The topological polar surface area (TPSA) is 78.8 Å². The Morgan fingerprint density at radius 1 is 1.03 bits per heavy atom. The average molecular weight is 524 g/mol. The Morgan fingerprint density at radius 2 is 1.66 bits per heavy atom. The normalized spacial score (nSPS) is 12.3. The number of hydrogen-bond acceptors (Lipinski definition) is 4. The number of aryl methyl sites for hydroxylation is 1. The summed E-state index contributed by atoms with van der Waals surface area (Å²) in [7, 11) is -4.12. The van der Waals surface area contributed by atoms with Gasteiger partial charge < -0.3 is 0 Å². The summed E-state index contributed by atoms with van der Waals surface area (Å²) in [6.07, 6.45) is -3.74. The summed E-state index contributed by atoms with van der Waals surface area (Å²) in [5, 5.41) is 3.91. The third-order valence-electron chi connectivity index (χ3n) is 4.94. The molecule has 0 atom stereocenters. The molecule has 0 aliphatic carbocycles. The molecule has 0 aliphatic heterocycles. The van der Waals surface area contributed by atoms with E-state index < -0.39 is 34.2 Å². The number of alkyl halides is 3. The predicted molar refractivity (Wildman–Crippen MR) is 127 cm³/mol. The lowest BCUT2D eigenvalue weighted by atomic mass is 10.1. The lowest BCUT2D eigenvalue weighted by Gasteiger charge is -2.22. The number of amides is 1. The highest BCUT2D eigenvalue weighted by Gasteiger charge is 2.32. The minimum Gasteiger partial charge on any atom is -0.272 e. The van der Waals surface area contributed by atoms with E-state index in [1.54, 1.807) is 43.3 Å². The van der Waals surface area contributed by atoms with E-state index in [1.165, 1.54) is 30.3 Å². The van der Waals surface area contributed by atoms with Crippen LogP contribution in [0.25, 0.3) is 0 Å². The van der Waals surface area contributed by atoms with Crippen molar-refractivity contribution >= 4 is 33.7 Å². The molecule has 3 aromatic rings. The van der Waals surface area contributed by atoms with Crippen LogP contribution in [0.2, 0.25) is 5.02 Å². The first-order valence-corrected chi connectivity index (χ1v) is 12.1. The Kier molecular flexibility index (Phi) is 8.31. The fourth-order valence-corrected chi connectivity index (χ4v) is 4.71. The number of halogens is 4. The molecule has 0 radical (unpaired) electrons. The predicted octanol–water partition coefficient (Wildman–Crippen LogP) is 5.01. The highest BCUT2D eigenvalue weighted by Crippen LogP contribution is 2.31. The van der Waals surface area contributed by atoms with Gasteiger partial charge in [-0.25, -0.2) is 13.8 Å². The number of nitrogens with one attached hydrogen (secondary N) is 1. The third-order valence-corrected chi connectivity index (χ3v) is 7.12. The van der Waals surface area contributed by atoms with Gasteiger partial charge in [0.1, 0.15) is 0 Å². The summed E-state index contributed by atoms with van der Waals surface area (Å²) in [6.45, 7) is 0.962. The van der Waals surface area contributed by atoms with Gasteiger partial charge in [0.05, 0.1) is 23.2 Å². The second-order valence-corrected chi connectivity index (χ2v) is 9.90. The standard InChI is InChI=1S/C24H21ClF3N3O3S/c1-17-10-12-20(13-11-17)35(33,34)31(15-19-7-3-5-9-22(19)25)16-23(32)30-29-14-18-6-2-4-8-21(18)24(26,27)28/h2-14H,15-16H2,1H3,(H,30,32)/b29-14-. The van der Waals surface area contributed by atoms with Crippen molar-refractivity contribution in [1.29, 1.82) is 0 Å². The number of hydrazone groups is 1. The van der Waals surface area contributed by atoms with Crippen LogP contribution in [-0.2, 0) is 27.5 Å². The van der Waals surface area contributed by atoms with E-state index in [0.29, 0.717) is 10.6 Å². The zero-order chi connectivity index (χ0) is 25.6. The molecule has 0 bridgehead atoms. The lowest BCUT2D eigenvalue weighted by molar-refractivity contribution is -0.137. The first-order chi connectivity index (χ1) is 16.5. The Balaban J connectivity index is 1.82. The van der Waals surface area contributed by atoms with E-state index in [2.05, 4.69) is 10.5 Å². The highest BCUT2D eigenvalue weighted by molar-refractivity contribution is 7.89. The number of rotatable bonds is 8. The molecular weight excluding hydrogens is 503 g/mol. The van der Waals surface area contributed by atoms with Crippen LogP contribution in [0.15, 0.2) is 82.8 Å². The molecule has 0 saturated heterocycles. The van der Waals surface area contributed by atoms with Crippen molar-refractivity contribution in [2.75, 3.05) is 6.54 Å². The van der Waals surface area contributed by atoms with Gasteiger partial charge in [-0.3, -0.25) is 4.79 Å². The van der Waals surface area contributed by atoms with Crippen LogP contribution in [0.5, 0.6) is 0 Å². The fraction of sp³-hybridized carbons (Fsp3) is 0.167. The van der Waals surface area contributed by atoms with Gasteiger partial charge in [0, 0.05) is 17.1 Å². The van der Waals surface area contributed by atoms with Gasteiger partial charge in [-0.15, -0.1) is 0 Å². The molecule has 0 saturated carbocycles. The Labute approximate surface area is 206 Å². The van der Waals surface area contributed by atoms with Gasteiger partial charge in [-0.2, -0.15) is 22.6 Å². The van der Waals surface area contributed by atoms with Crippen LogP contribution in [-0.4, -0.2) is 31.4 Å². The summed E-state index contributed by atoms with van der Waals surface area (Å²) >= 11 is 6.19. The Morgan fingerprint density at radius 3 is 2.31 bits per heavy atom. The SMILES string of the molecule is Cc1ccc(S(=O)(=O)N(CC(=O)N/N=C\c2ccccc2C(F)(F)F)Cc2ccccc2Cl)cc1. The first-order valence-electron chi connectivity index (χ1n) is 10.3. The molecule has 11 heteroatoms. The minimum absolute atomic E-state index is 0.0226. The van der Waals surface area contributed by atoms with Crippen LogP contribution < -0.4 is 5.43 Å². The number of sulfonamides is 1. The summed E-state index contributed by atoms with van der Waals surface area (Å²) < 4.78 is 66.9. The quantitative estimate of drug-likeness (QED) is 0.333. The number of carbonyl (C=O) groups excluding carboxylic acids is 1. The van der Waals surface area contributed by atoms with Crippen molar-refractivity contribution in [1.82, 2.24) is 9.73 Å². The number of carbonyl (C=O) groups is 1. The maximum Gasteiger partial charge on any atom is 0.417 e. The molecule has 0 aliphatic rings. The summed E-state index contributed by atoms with van der Waals surface area (Å²) in [5.41, 5.74) is 2.26. The zero-order valence-corrected chi connectivity index (χ0v) is 20.0. The lowest BCUT2D eigenvalue weighted by Crippen LogP contribution is -2.39. The van der Waals surface area contributed by atoms with E-state index in [9.17, 15) is 26.4 Å². The highest BCUT2D eigenvalue weighted by atomic mass is 35.5. The minimum atomic E-state index is -4.60. The summed E-state index contributed by atoms with van der Waals surface area (Å²) in [6, 6.07) is 17.4. The first kappa shape index (κ1) is 26.4. The zero-order valence-electron chi connectivity index (χ0n) is 18.5. The molecule has 3 aromatic carbocycles. The van der Waals surface area contributed by atoms with Gasteiger partial charge >= 0.3 is 6.18 Å². The van der Waals surface area contributed by atoms with Crippen molar-refractivity contribution in [3.63, 3.8) is 0 Å². The molecule has 1 N–H and O–H groups in total. The molecule has 0 heterocycles. The monoisotopic (exact) mass is 523 g/mol. The van der Waals surface area contributed by atoms with Crippen LogP contribution in [0, 0.1) is 6.92 Å². The summed E-state index contributed by atoms with van der Waals surface area (Å²) in [5.74, 6) is -0.839. The van der Waals surface area contributed by atoms with E-state index in [-0.39, 0.29) is 17.0 Å². The van der Waals surface area contributed by atoms with Crippen LogP contribution in [0.1, 0.15) is 22.3 Å². The van der Waals surface area contributed by atoms with Gasteiger partial charge in [0.2, 0.25) is 10.0 Å². The Bertz CT molecular complexity index is 1330. The van der Waals surface area contributed by atoms with E-state index in [0.717, 1.165) is 22.1 Å². The summed E-state index contributed by atoms with van der Waals surface area (Å²) in [4.78, 5) is 12.5. The van der Waals surface area contributed by atoms with Crippen LogP contribution in [0.4, 0.5) is 13.2 Å². The number of nitrogens with zero attached hydrogens (tertiary/aromatic N) is 2. The van der Waals surface area contributed by atoms with Crippen LogP contribution >= 0.6 is 11.6 Å². The molecule has 184 valence electrons. The van der Waals surface area contributed by atoms with Crippen molar-refractivity contribution in [2.24, 2.45) is 5.10 Å². The number of benzene rings is 3. The molecule has 3 rings (SSSR count). The average Bonchev–Trinajstić information content (AvgIpc) is 2.80. The molecule has 1 amide bonds. The second-order valence-electron chi connectivity index (χ2n) is 7.56. The largest absolute Gasteiger partial charge is 0.417 e. The molecule has 0 fully saturated rings. The molecule has 35 heavy (non-hydrogen) atoms. The third kappa shape index (κ3) is 6.91. The van der Waals surface area contributed by atoms with E-state index in [1.807, 2.05) is 0 Å². The molecule has 0 unspecified atom stereocenters. The van der Waals surface area contributed by atoms with E-state index >= 15 is 0 Å². The van der Waals surface area contributed by atoms with Gasteiger partial charge in [-0.1, -0.05) is 65.7 Å². The Hall–Kier alpha value is -3.21. The maximum atomic E-state index is 13.3. The second kappa shape index (κ2) is 11.0. The fourth-order valence-electron chi connectivity index (χ4n) is 3.14. The molecular formula is C24H21ClF3N3O3S. The number of hydrogen-bond donors (Lipinski definition) is 1. The van der Waals surface area contributed by atoms with Crippen molar-refractivity contribution in [3.05, 3.63) is 100 Å². The molecule has 0 aromatic heterocycles. The maximum absolute atomic E-state index is 13.3. The van der Waals surface area contributed by atoms with Crippen molar-refractivity contribution < 1.29 is 26.4 Å². The molecule has 0 spiro atoms. The van der Waals surface area contributed by atoms with E-state index in [4.69, 9.17) is 11.6 Å². The van der Waals surface area contributed by atoms with Crippen molar-refractivity contribution in [3.8, 4) is 0 Å². The smallest absolute Gasteiger partial charge is 0.272 e. The van der Waals surface area contributed by atoms with Gasteiger partial charge in [-0.05, 0) is 36.8 Å². The van der Waals surface area contributed by atoms with Gasteiger partial charge in [0.25, 0.3) is 5.91 Å². The molecule has 6 nitrogen and oxygen atoms in total. The van der Waals surface area contributed by atoms with Gasteiger partial charge in [0.15, 0.2) is 0 Å². The van der Waals surface area contributed by atoms with Crippen LogP contribution in [0.3, 0.4) is 0 Å².